The molecule has 24 aromatic rings. The molecule has 148 heavy (non-hydrogen) atoms. The average molecular weight is 2640 g/mol. The van der Waals surface area contributed by atoms with Crippen LogP contribution in [0.3, 0.4) is 0 Å². The zero-order chi connectivity index (χ0) is 99.0. The molecule has 8 aromatic heterocycles. The Bertz CT molecular complexity index is 7490. The predicted octanol–water partition coefficient (Wildman–Crippen LogP) is 29.2. The van der Waals surface area contributed by atoms with E-state index in [0.717, 1.165) is 113 Å². The first-order valence-electron chi connectivity index (χ1n) is 47.4. The van der Waals surface area contributed by atoms with E-state index in [1.54, 1.807) is 21.8 Å². The van der Waals surface area contributed by atoms with Crippen LogP contribution in [0.4, 0.5) is 0 Å². The molecule has 0 atom stereocenters. The van der Waals surface area contributed by atoms with Gasteiger partial charge in [0.25, 0.3) is 0 Å². The number of aryl methyl sites for hydroxylation is 6. The van der Waals surface area contributed by atoms with Gasteiger partial charge < -0.3 is 0 Å². The van der Waals surface area contributed by atoms with Crippen LogP contribution in [0, 0.1) is 104 Å². The summed E-state index contributed by atoms with van der Waals surface area (Å²) in [6, 6.07) is 172. The SMILES string of the molecule is Cc1cc(C)n(-c2[c-]cccc2)n1.Cc1cc(C)n(-c2[c-]cccc2)n1.Cc1nn(-c2[c-]cccc2)c(C)c1-c1ccc(-c2ccccc2)cc1.Cc1nn(-c2[c-]cccc2)c(C)c1-c1ccc(-c2ccccc2)cc1.[Ir].[Ir].[Ir].[Ir].[c-]1ccccc1-n1cc(-c2ccc(-c3ccccc3)cc2)cn1.[c-]1ccccc1-n1cc(-c2ccc(-c3ccccc3)cc2)cn1.[c-]1ccccc1-n1cccn1.[c-]1ccccc1-n1cccn1. The van der Waals surface area contributed by atoms with Gasteiger partial charge in [-0.2, -0.15) is 235 Å². The Morgan fingerprint density at radius 2 is 0.405 bits per heavy atom. The van der Waals surface area contributed by atoms with Gasteiger partial charge in [0.2, 0.25) is 0 Å². The van der Waals surface area contributed by atoms with Crippen molar-refractivity contribution in [1.29, 1.82) is 0 Å². The molecule has 20 heteroatoms. The second-order valence-corrected chi connectivity index (χ2v) is 33.6. The summed E-state index contributed by atoms with van der Waals surface area (Å²) >= 11 is 0. The number of hydrogen-bond acceptors (Lipinski definition) is 8. The Kier molecular flexibility index (Phi) is 40.7. The third-order valence-electron chi connectivity index (χ3n) is 23.4. The molecule has 0 aliphatic heterocycles. The van der Waals surface area contributed by atoms with Gasteiger partial charge >= 0.3 is 0 Å². The quantitative estimate of drug-likeness (QED) is 0.0870. The minimum atomic E-state index is 0. The standard InChI is InChI=1S/2C23H19N2.2C21H15N2.2C11H11N2.2C9H7N2.4Ir/c2*1-17-23(18(2)25(24-17)22-11-7-4-8-12-22)21-15-13-20(14-16-21)19-9-5-3-6-10-19;2*1-3-7-17(8-4-1)18-11-13-19(14-12-18)20-15-22-23(16-20)21-9-5-2-6-10-21;2*1-9-8-10(2)13(12-9)11-6-4-3-5-7-11;2*1-2-5-9(6-3-1)11-8-4-7-10-11;;;;/h2*3-11,13-16H,1-2H3;2*1-9,11-16H;2*3-6,8H,1-2H3;2*1-5,7-8H;;;;/q8*-1;;;;. The Hall–Kier alpha value is -16.2. The molecule has 24 rings (SSSR count). The third kappa shape index (κ3) is 29.1. The van der Waals surface area contributed by atoms with Crippen molar-refractivity contribution in [3.05, 3.63) is 580 Å². The summed E-state index contributed by atoms with van der Waals surface area (Å²) in [4.78, 5) is 0. The molecule has 0 saturated heterocycles. The minimum Gasteiger partial charge on any atom is -0.266 e. The van der Waals surface area contributed by atoms with Crippen molar-refractivity contribution in [2.45, 2.75) is 55.4 Å². The van der Waals surface area contributed by atoms with Gasteiger partial charge in [-0.05, 0) is 192 Å². The normalized spacial score (nSPS) is 10.2. The fraction of sp³-hybridized carbons (Fsp3) is 0.0625. The number of benzene rings is 16. The molecule has 0 saturated carbocycles. The molecule has 8 heterocycles. The first-order chi connectivity index (χ1) is 70.7. The zero-order valence-corrected chi connectivity index (χ0v) is 92.3. The second-order valence-electron chi connectivity index (χ2n) is 33.6. The van der Waals surface area contributed by atoms with Crippen LogP contribution in [0.5, 0.6) is 0 Å². The summed E-state index contributed by atoms with van der Waals surface area (Å²) < 4.78 is 15.0. The Balaban J connectivity index is 0.000000143. The molecule has 0 amide bonds. The van der Waals surface area contributed by atoms with Crippen molar-refractivity contribution < 1.29 is 80.4 Å². The van der Waals surface area contributed by atoms with E-state index >= 15 is 0 Å². The van der Waals surface area contributed by atoms with Crippen LogP contribution in [0.1, 0.15) is 45.6 Å². The van der Waals surface area contributed by atoms with E-state index in [0.29, 0.717) is 0 Å². The average Bonchev–Trinajstić information content (AvgIpc) is 1.64. The fourth-order valence-corrected chi connectivity index (χ4v) is 16.4. The molecule has 4 radical (unpaired) electrons. The van der Waals surface area contributed by atoms with E-state index in [9.17, 15) is 0 Å². The molecule has 16 nitrogen and oxygen atoms in total. The number of hydrogen-bond donors (Lipinski definition) is 0. The molecule has 0 aliphatic rings. The molecule has 0 fully saturated rings. The van der Waals surface area contributed by atoms with E-state index < -0.39 is 0 Å². The summed E-state index contributed by atoms with van der Waals surface area (Å²) in [5.74, 6) is 0. The maximum atomic E-state index is 4.72. The smallest absolute Gasteiger partial charge is 0.0678 e. The molecule has 0 aliphatic carbocycles. The minimum absolute atomic E-state index is 0. The number of para-hydroxylation sites is 8. The van der Waals surface area contributed by atoms with Gasteiger partial charge in [0.05, 0.1) is 35.2 Å². The van der Waals surface area contributed by atoms with Gasteiger partial charge in [-0.1, -0.05) is 218 Å². The van der Waals surface area contributed by atoms with E-state index in [1.807, 2.05) is 323 Å². The summed E-state index contributed by atoms with van der Waals surface area (Å²) in [6.45, 7) is 16.4. The van der Waals surface area contributed by atoms with Crippen LogP contribution in [0.15, 0.2) is 486 Å². The van der Waals surface area contributed by atoms with Crippen molar-refractivity contribution in [2.24, 2.45) is 0 Å². The topological polar surface area (TPSA) is 143 Å². The van der Waals surface area contributed by atoms with E-state index in [2.05, 4.69) is 313 Å². The molecular weight excluding hydrogens is 2530 g/mol. The van der Waals surface area contributed by atoms with E-state index in [4.69, 9.17) is 10.2 Å². The van der Waals surface area contributed by atoms with E-state index in [-0.39, 0.29) is 80.4 Å². The van der Waals surface area contributed by atoms with Crippen molar-refractivity contribution in [2.75, 3.05) is 0 Å². The van der Waals surface area contributed by atoms with Crippen LogP contribution in [0.25, 0.3) is 135 Å². The summed E-state index contributed by atoms with van der Waals surface area (Å²) in [5.41, 5.74) is 35.5. The van der Waals surface area contributed by atoms with Crippen molar-refractivity contribution in [3.63, 3.8) is 0 Å². The van der Waals surface area contributed by atoms with Crippen LogP contribution >= 0.6 is 0 Å². The Morgan fingerprint density at radius 1 is 0.189 bits per heavy atom. The number of rotatable bonds is 16. The second kappa shape index (κ2) is 55.2. The molecule has 0 unspecified atom stereocenters. The summed E-state index contributed by atoms with van der Waals surface area (Å²) in [5, 5.41) is 35.2. The van der Waals surface area contributed by atoms with Gasteiger partial charge in [-0.25, -0.2) is 0 Å². The maximum Gasteiger partial charge on any atom is 0.0678 e. The monoisotopic (exact) mass is 2640 g/mol. The Morgan fingerprint density at radius 3 is 0.628 bits per heavy atom. The van der Waals surface area contributed by atoms with Crippen LogP contribution < -0.4 is 0 Å². The summed E-state index contributed by atoms with van der Waals surface area (Å²) in [6.07, 6.45) is 15.1. The molecule has 0 spiro atoms. The maximum absolute atomic E-state index is 4.72. The molecule has 16 aromatic carbocycles. The van der Waals surface area contributed by atoms with Crippen molar-refractivity contribution in [3.8, 4) is 135 Å². The van der Waals surface area contributed by atoms with Gasteiger partial charge in [0.15, 0.2) is 0 Å². The van der Waals surface area contributed by atoms with Gasteiger partial charge in [0, 0.05) is 163 Å². The summed E-state index contributed by atoms with van der Waals surface area (Å²) in [7, 11) is 0. The van der Waals surface area contributed by atoms with Crippen molar-refractivity contribution >= 4 is 0 Å². The predicted molar refractivity (Wildman–Crippen MR) is 581 cm³/mol. The molecule has 740 valence electrons. The van der Waals surface area contributed by atoms with Gasteiger partial charge in [-0.3, -0.25) is 37.5 Å². The number of aromatic nitrogens is 16. The Labute approximate surface area is 920 Å². The largest absolute Gasteiger partial charge is 0.266 e. The molecule has 0 bridgehead atoms. The zero-order valence-electron chi connectivity index (χ0n) is 82.7. The molecule has 0 N–H and O–H groups in total. The van der Waals surface area contributed by atoms with Crippen LogP contribution in [-0.2, 0) is 80.4 Å². The first-order valence-corrected chi connectivity index (χ1v) is 47.4. The van der Waals surface area contributed by atoms with E-state index in [1.165, 1.54) is 66.8 Å². The van der Waals surface area contributed by atoms with Gasteiger partial charge in [0.1, 0.15) is 0 Å². The van der Waals surface area contributed by atoms with Gasteiger partial charge in [-0.15, -0.1) is 48.5 Å². The third-order valence-corrected chi connectivity index (χ3v) is 23.4. The number of nitrogens with zero attached hydrogens (tertiary/aromatic N) is 16. The fourth-order valence-electron chi connectivity index (χ4n) is 16.4. The van der Waals surface area contributed by atoms with Crippen LogP contribution in [-0.4, -0.2) is 78.2 Å². The first kappa shape index (κ1) is 109. The van der Waals surface area contributed by atoms with Crippen LogP contribution in [0.2, 0.25) is 0 Å². The van der Waals surface area contributed by atoms with Crippen molar-refractivity contribution in [1.82, 2.24) is 78.2 Å². The molecular formula is C128H104Ir4N16-8.